The number of carbonyl (C=O) groups is 3. The van der Waals surface area contributed by atoms with Gasteiger partial charge in [0.2, 0.25) is 5.91 Å². The predicted octanol–water partition coefficient (Wildman–Crippen LogP) is 5.21. The number of alkyl carbamates (subject to hydrolysis) is 1. The molecule has 0 bridgehead atoms. The Labute approximate surface area is 217 Å². The van der Waals surface area contributed by atoms with Crippen LogP contribution in [-0.2, 0) is 14.3 Å². The van der Waals surface area contributed by atoms with Crippen molar-refractivity contribution >= 4 is 35.2 Å². The Bertz CT molecular complexity index is 1160. The highest BCUT2D eigenvalue weighted by molar-refractivity contribution is 6.34. The molecule has 2 N–H and O–H groups in total. The van der Waals surface area contributed by atoms with E-state index in [-0.39, 0.29) is 6.54 Å². The van der Waals surface area contributed by atoms with Crippen LogP contribution in [0, 0.1) is 32.1 Å². The van der Waals surface area contributed by atoms with Crippen LogP contribution in [0.5, 0.6) is 0 Å². The summed E-state index contributed by atoms with van der Waals surface area (Å²) in [5, 5.41) is 15.2. The number of nitrogens with one attached hydrogen (secondary N) is 2. The lowest BCUT2D eigenvalue weighted by Gasteiger charge is -2.33. The fourth-order valence-corrected chi connectivity index (χ4v) is 4.00. The van der Waals surface area contributed by atoms with Gasteiger partial charge in [0, 0.05) is 0 Å². The van der Waals surface area contributed by atoms with Crippen molar-refractivity contribution in [3.63, 3.8) is 0 Å². The zero-order chi connectivity index (χ0) is 27.2. The third-order valence-electron chi connectivity index (χ3n) is 5.38. The standard InChI is InChI=1S/C27H33ClN4O4/c1-16-11-12-20(18(3)15-16)23(24(33)31-22-17(2)9-8-10-21(22)28)32(14-13-29)25(34)19(4)30-26(35)36-27(5,6)7/h8-12,15,19,23H,14H2,1-7H3,(H,30,35)(H,31,33). The number of carbonyl (C=O) groups excluding carboxylic acids is 3. The van der Waals surface area contributed by atoms with Crippen LogP contribution in [-0.4, -0.2) is 41.0 Å². The van der Waals surface area contributed by atoms with Crippen LogP contribution in [0.3, 0.4) is 0 Å². The second kappa shape index (κ2) is 11.9. The third-order valence-corrected chi connectivity index (χ3v) is 5.69. The number of nitriles is 1. The summed E-state index contributed by atoms with van der Waals surface area (Å²) < 4.78 is 5.25. The Balaban J connectivity index is 2.50. The van der Waals surface area contributed by atoms with Crippen molar-refractivity contribution in [2.45, 2.75) is 66.2 Å². The number of hydrogen-bond acceptors (Lipinski definition) is 5. The Morgan fingerprint density at radius 2 is 1.78 bits per heavy atom. The molecule has 0 fully saturated rings. The number of para-hydroxylation sites is 1. The lowest BCUT2D eigenvalue weighted by Crippen LogP contribution is -2.51. The summed E-state index contributed by atoms with van der Waals surface area (Å²) in [7, 11) is 0. The molecule has 0 aliphatic carbocycles. The average Bonchev–Trinajstić information content (AvgIpc) is 2.75. The lowest BCUT2D eigenvalue weighted by molar-refractivity contribution is -0.139. The van der Waals surface area contributed by atoms with E-state index in [1.54, 1.807) is 52.0 Å². The maximum absolute atomic E-state index is 13.7. The first kappa shape index (κ1) is 28.7. The number of hydrogen-bond donors (Lipinski definition) is 2. The van der Waals surface area contributed by atoms with Crippen LogP contribution >= 0.6 is 11.6 Å². The summed E-state index contributed by atoms with van der Waals surface area (Å²) in [6, 6.07) is 10.5. The van der Waals surface area contributed by atoms with Crippen molar-refractivity contribution in [1.29, 1.82) is 5.26 Å². The van der Waals surface area contributed by atoms with Crippen molar-refractivity contribution in [3.05, 3.63) is 63.7 Å². The van der Waals surface area contributed by atoms with Crippen LogP contribution < -0.4 is 10.6 Å². The van der Waals surface area contributed by atoms with Gasteiger partial charge in [0.1, 0.15) is 24.2 Å². The minimum absolute atomic E-state index is 0.348. The number of rotatable bonds is 7. The summed E-state index contributed by atoms with van der Waals surface area (Å²) in [6.45, 7) is 11.8. The van der Waals surface area contributed by atoms with E-state index in [9.17, 15) is 19.6 Å². The minimum Gasteiger partial charge on any atom is -0.444 e. The first-order valence-corrected chi connectivity index (χ1v) is 11.9. The van der Waals surface area contributed by atoms with Crippen molar-refractivity contribution in [2.75, 3.05) is 11.9 Å². The SMILES string of the molecule is Cc1ccc(C(C(=O)Nc2c(C)cccc2Cl)N(CC#N)C(=O)C(C)NC(=O)OC(C)(C)C)c(C)c1. The summed E-state index contributed by atoms with van der Waals surface area (Å²) in [5.41, 5.74) is 2.71. The van der Waals surface area contributed by atoms with Gasteiger partial charge in [-0.15, -0.1) is 0 Å². The Morgan fingerprint density at radius 1 is 1.11 bits per heavy atom. The van der Waals surface area contributed by atoms with Gasteiger partial charge in [-0.2, -0.15) is 5.26 Å². The largest absolute Gasteiger partial charge is 0.444 e. The van der Waals surface area contributed by atoms with Gasteiger partial charge in [-0.3, -0.25) is 9.59 Å². The molecule has 36 heavy (non-hydrogen) atoms. The Kier molecular flexibility index (Phi) is 9.48. The molecular weight excluding hydrogens is 480 g/mol. The normalized spacial score (nSPS) is 12.6. The smallest absolute Gasteiger partial charge is 0.408 e. The summed E-state index contributed by atoms with van der Waals surface area (Å²) >= 11 is 6.33. The van der Waals surface area contributed by atoms with Crippen LogP contribution in [0.25, 0.3) is 0 Å². The van der Waals surface area contributed by atoms with Crippen LogP contribution in [0.4, 0.5) is 10.5 Å². The monoisotopic (exact) mass is 512 g/mol. The van der Waals surface area contributed by atoms with Gasteiger partial charge in [0.25, 0.3) is 5.91 Å². The molecule has 9 heteroatoms. The molecular formula is C27H33ClN4O4. The average molecular weight is 513 g/mol. The van der Waals surface area contributed by atoms with Gasteiger partial charge in [0.15, 0.2) is 0 Å². The van der Waals surface area contributed by atoms with E-state index in [0.717, 1.165) is 21.6 Å². The maximum Gasteiger partial charge on any atom is 0.408 e. The van der Waals surface area contributed by atoms with Crippen molar-refractivity contribution in [3.8, 4) is 6.07 Å². The number of ether oxygens (including phenoxy) is 1. The molecule has 2 unspecified atom stereocenters. The molecule has 2 atom stereocenters. The third kappa shape index (κ3) is 7.46. The number of aryl methyl sites for hydroxylation is 3. The van der Waals surface area contributed by atoms with E-state index in [4.69, 9.17) is 16.3 Å². The molecule has 0 aliphatic heterocycles. The van der Waals surface area contributed by atoms with Crippen molar-refractivity contribution in [1.82, 2.24) is 10.2 Å². The molecule has 0 saturated carbocycles. The second-order valence-electron chi connectivity index (χ2n) is 9.68. The van der Waals surface area contributed by atoms with Crippen LogP contribution in [0.2, 0.25) is 5.02 Å². The summed E-state index contributed by atoms with van der Waals surface area (Å²) in [6.07, 6.45) is -0.778. The Hall–Kier alpha value is -3.57. The van der Waals surface area contributed by atoms with E-state index in [2.05, 4.69) is 10.6 Å². The molecule has 2 rings (SSSR count). The van der Waals surface area contributed by atoms with E-state index in [1.165, 1.54) is 6.92 Å². The Morgan fingerprint density at radius 3 is 2.33 bits per heavy atom. The molecule has 2 aromatic rings. The van der Waals surface area contributed by atoms with Gasteiger partial charge in [-0.1, -0.05) is 47.5 Å². The zero-order valence-electron chi connectivity index (χ0n) is 21.7. The molecule has 2 aromatic carbocycles. The summed E-state index contributed by atoms with van der Waals surface area (Å²) in [4.78, 5) is 40.7. The number of nitrogens with zero attached hydrogens (tertiary/aromatic N) is 2. The van der Waals surface area contributed by atoms with Crippen LogP contribution in [0.15, 0.2) is 36.4 Å². The number of benzene rings is 2. The number of amides is 3. The summed E-state index contributed by atoms with van der Waals surface area (Å²) in [5.74, 6) is -1.15. The topological polar surface area (TPSA) is 112 Å². The quantitative estimate of drug-likeness (QED) is 0.494. The molecule has 8 nitrogen and oxygen atoms in total. The first-order valence-electron chi connectivity index (χ1n) is 11.5. The molecule has 0 aromatic heterocycles. The van der Waals surface area contributed by atoms with Gasteiger partial charge in [0.05, 0.1) is 16.8 Å². The zero-order valence-corrected chi connectivity index (χ0v) is 22.5. The van der Waals surface area contributed by atoms with Gasteiger partial charge >= 0.3 is 6.09 Å². The van der Waals surface area contributed by atoms with E-state index in [1.807, 2.05) is 32.0 Å². The van der Waals surface area contributed by atoms with Crippen molar-refractivity contribution in [2.24, 2.45) is 0 Å². The molecule has 0 heterocycles. The molecule has 0 spiro atoms. The fraction of sp³-hybridized carbons (Fsp3) is 0.407. The highest BCUT2D eigenvalue weighted by atomic mass is 35.5. The van der Waals surface area contributed by atoms with Gasteiger partial charge in [-0.05, 0) is 71.2 Å². The number of anilines is 1. The molecule has 0 radical (unpaired) electrons. The second-order valence-corrected chi connectivity index (χ2v) is 10.1. The maximum atomic E-state index is 13.7. The number of halogens is 1. The molecule has 0 aliphatic rings. The molecule has 3 amide bonds. The van der Waals surface area contributed by atoms with Crippen LogP contribution in [0.1, 0.15) is 56.0 Å². The minimum atomic E-state index is -1.16. The fourth-order valence-electron chi connectivity index (χ4n) is 3.73. The van der Waals surface area contributed by atoms with Gasteiger partial charge < -0.3 is 20.3 Å². The van der Waals surface area contributed by atoms with Gasteiger partial charge in [-0.25, -0.2) is 4.79 Å². The predicted molar refractivity (Wildman–Crippen MR) is 140 cm³/mol. The highest BCUT2D eigenvalue weighted by Crippen LogP contribution is 2.30. The molecule has 0 saturated heterocycles. The molecule has 192 valence electrons. The van der Waals surface area contributed by atoms with E-state index >= 15 is 0 Å². The van der Waals surface area contributed by atoms with E-state index in [0.29, 0.717) is 16.3 Å². The van der Waals surface area contributed by atoms with E-state index < -0.39 is 35.6 Å². The first-order chi connectivity index (χ1) is 16.7. The van der Waals surface area contributed by atoms with Crippen molar-refractivity contribution < 1.29 is 19.1 Å². The lowest BCUT2D eigenvalue weighted by atomic mass is 9.96. The highest BCUT2D eigenvalue weighted by Gasteiger charge is 2.36.